The van der Waals surface area contributed by atoms with E-state index in [0.29, 0.717) is 23.6 Å². The number of carbonyl (C=O) groups excluding carboxylic acids is 1. The number of phenols is 1. The Morgan fingerprint density at radius 2 is 1.90 bits per heavy atom. The van der Waals surface area contributed by atoms with Crippen molar-refractivity contribution in [3.63, 3.8) is 0 Å². The molecule has 0 aromatic heterocycles. The van der Waals surface area contributed by atoms with E-state index in [1.807, 2.05) is 38.1 Å². The maximum absolute atomic E-state index is 12.3. The van der Waals surface area contributed by atoms with Gasteiger partial charge >= 0.3 is 0 Å². The summed E-state index contributed by atoms with van der Waals surface area (Å²) in [5.41, 5.74) is 8.57. The van der Waals surface area contributed by atoms with E-state index in [1.54, 1.807) is 0 Å². The fraction of sp³-hybridized carbons (Fsp3) is 0.235. The number of hydrogen-bond donors (Lipinski definition) is 2. The van der Waals surface area contributed by atoms with Crippen LogP contribution >= 0.6 is 0 Å². The normalized spacial score (nSPS) is 10.4. The van der Waals surface area contributed by atoms with Crippen molar-refractivity contribution in [1.29, 1.82) is 0 Å². The van der Waals surface area contributed by atoms with Gasteiger partial charge in [0.1, 0.15) is 0 Å². The molecule has 0 fully saturated rings. The number of benzene rings is 2. The van der Waals surface area contributed by atoms with Crippen LogP contribution in [0.2, 0.25) is 0 Å². The Morgan fingerprint density at radius 1 is 1.24 bits per heavy atom. The first-order valence-electron chi connectivity index (χ1n) is 6.85. The molecule has 4 nitrogen and oxygen atoms in total. The minimum atomic E-state index is -0.130. The molecule has 21 heavy (non-hydrogen) atoms. The molecule has 0 saturated carbocycles. The highest BCUT2D eigenvalue weighted by molar-refractivity contribution is 6.02. The molecular weight excluding hydrogens is 266 g/mol. The summed E-state index contributed by atoms with van der Waals surface area (Å²) in [5, 5.41) is 9.87. The average Bonchev–Trinajstić information content (AvgIpc) is 2.45. The Bertz CT molecular complexity index is 648. The predicted molar refractivity (Wildman–Crippen MR) is 82.9 cm³/mol. The number of carbonyl (C=O) groups is 1. The molecule has 0 radical (unpaired) electrons. The van der Waals surface area contributed by atoms with Crippen molar-refractivity contribution in [3.8, 4) is 11.5 Å². The largest absolute Gasteiger partial charge is 0.504 e. The summed E-state index contributed by atoms with van der Waals surface area (Å²) in [4.78, 5) is 12.3. The highest BCUT2D eigenvalue weighted by Crippen LogP contribution is 2.31. The first kappa shape index (κ1) is 14.9. The summed E-state index contributed by atoms with van der Waals surface area (Å²) >= 11 is 0. The van der Waals surface area contributed by atoms with E-state index in [-0.39, 0.29) is 18.0 Å². The van der Waals surface area contributed by atoms with Crippen molar-refractivity contribution >= 4 is 11.5 Å². The van der Waals surface area contributed by atoms with Crippen LogP contribution in [0.4, 0.5) is 5.69 Å². The molecule has 3 N–H and O–H groups in total. The summed E-state index contributed by atoms with van der Waals surface area (Å²) in [7, 11) is 0. The van der Waals surface area contributed by atoms with E-state index >= 15 is 0 Å². The zero-order valence-corrected chi connectivity index (χ0v) is 12.2. The van der Waals surface area contributed by atoms with Crippen LogP contribution in [-0.4, -0.2) is 17.5 Å². The van der Waals surface area contributed by atoms with Gasteiger partial charge in [0, 0.05) is 23.7 Å². The third-order valence-corrected chi connectivity index (χ3v) is 3.22. The fourth-order valence-corrected chi connectivity index (χ4v) is 2.08. The molecule has 0 aliphatic carbocycles. The van der Waals surface area contributed by atoms with Gasteiger partial charge < -0.3 is 15.6 Å². The molecule has 110 valence electrons. The van der Waals surface area contributed by atoms with Gasteiger partial charge in [-0.05, 0) is 25.5 Å². The smallest absolute Gasteiger partial charge is 0.169 e. The number of aryl methyl sites for hydroxylation is 1. The first-order chi connectivity index (χ1) is 10.0. The number of rotatable bonds is 5. The van der Waals surface area contributed by atoms with Crippen molar-refractivity contribution in [2.45, 2.75) is 20.3 Å². The van der Waals surface area contributed by atoms with Gasteiger partial charge in [-0.1, -0.05) is 29.8 Å². The van der Waals surface area contributed by atoms with Gasteiger partial charge in [-0.15, -0.1) is 0 Å². The minimum absolute atomic E-state index is 0.0710. The predicted octanol–water partition coefficient (Wildman–Crippen LogP) is 3.11. The number of phenolic OH excluding ortho intramolecular Hbond substituents is 1. The Labute approximate surface area is 124 Å². The molecule has 0 aliphatic rings. The van der Waals surface area contributed by atoms with Gasteiger partial charge in [0.25, 0.3) is 0 Å². The lowest BCUT2D eigenvalue weighted by molar-refractivity contribution is 0.0993. The third-order valence-electron chi connectivity index (χ3n) is 3.22. The number of ether oxygens (including phenoxy) is 1. The SMILES string of the molecule is CCOc1cc(N)c(C(=O)Cc2ccc(C)cc2)cc1O. The van der Waals surface area contributed by atoms with Gasteiger partial charge in [-0.25, -0.2) is 0 Å². The molecule has 2 rings (SSSR count). The topological polar surface area (TPSA) is 72.5 Å². The number of nitrogen functional groups attached to an aromatic ring is 1. The lowest BCUT2D eigenvalue weighted by Gasteiger charge is -2.10. The van der Waals surface area contributed by atoms with Gasteiger partial charge in [0.05, 0.1) is 6.61 Å². The highest BCUT2D eigenvalue weighted by atomic mass is 16.5. The molecule has 4 heteroatoms. The number of nitrogens with two attached hydrogens (primary N) is 1. The average molecular weight is 285 g/mol. The lowest BCUT2D eigenvalue weighted by Crippen LogP contribution is -2.07. The van der Waals surface area contributed by atoms with Gasteiger partial charge in [-0.2, -0.15) is 0 Å². The van der Waals surface area contributed by atoms with Crippen LogP contribution in [0.25, 0.3) is 0 Å². The molecule has 0 spiro atoms. The summed E-state index contributed by atoms with van der Waals surface area (Å²) in [6.07, 6.45) is 0.248. The molecule has 2 aromatic carbocycles. The van der Waals surface area contributed by atoms with Crippen molar-refractivity contribution < 1.29 is 14.6 Å². The fourth-order valence-electron chi connectivity index (χ4n) is 2.08. The number of aromatic hydroxyl groups is 1. The Hall–Kier alpha value is -2.49. The van der Waals surface area contributed by atoms with E-state index < -0.39 is 0 Å². The maximum atomic E-state index is 12.3. The third kappa shape index (κ3) is 3.54. The van der Waals surface area contributed by atoms with E-state index in [2.05, 4.69) is 0 Å². The first-order valence-corrected chi connectivity index (χ1v) is 6.85. The highest BCUT2D eigenvalue weighted by Gasteiger charge is 2.15. The summed E-state index contributed by atoms with van der Waals surface area (Å²) in [6.45, 7) is 4.23. The van der Waals surface area contributed by atoms with Crippen LogP contribution in [-0.2, 0) is 6.42 Å². The van der Waals surface area contributed by atoms with Crippen LogP contribution in [0.15, 0.2) is 36.4 Å². The zero-order chi connectivity index (χ0) is 15.4. The Morgan fingerprint density at radius 3 is 2.52 bits per heavy atom. The number of Topliss-reactive ketones (excluding diaryl/α,β-unsaturated/α-hetero) is 1. The van der Waals surface area contributed by atoms with Crippen LogP contribution in [0, 0.1) is 6.92 Å². The molecule has 0 atom stereocenters. The van der Waals surface area contributed by atoms with Crippen LogP contribution in [0.3, 0.4) is 0 Å². The number of ketones is 1. The molecule has 2 aromatic rings. The summed E-state index contributed by atoms with van der Waals surface area (Å²) < 4.78 is 5.24. The van der Waals surface area contributed by atoms with E-state index in [0.717, 1.165) is 11.1 Å². The van der Waals surface area contributed by atoms with Gasteiger partial charge in [-0.3, -0.25) is 4.79 Å². The minimum Gasteiger partial charge on any atom is -0.504 e. The van der Waals surface area contributed by atoms with Crippen molar-refractivity contribution in [1.82, 2.24) is 0 Å². The van der Waals surface area contributed by atoms with E-state index in [1.165, 1.54) is 12.1 Å². The molecule has 0 amide bonds. The molecule has 0 unspecified atom stereocenters. The standard InChI is InChI=1S/C17H19NO3/c1-3-21-17-10-14(18)13(9-16(17)20)15(19)8-12-6-4-11(2)5-7-12/h4-7,9-10,20H,3,8,18H2,1-2H3. The monoisotopic (exact) mass is 285 g/mol. The lowest BCUT2D eigenvalue weighted by atomic mass is 10.0. The van der Waals surface area contributed by atoms with E-state index in [9.17, 15) is 9.90 Å². The van der Waals surface area contributed by atoms with Crippen LogP contribution in [0.5, 0.6) is 11.5 Å². The second-order valence-electron chi connectivity index (χ2n) is 4.93. The summed E-state index contributed by atoms with van der Waals surface area (Å²) in [5.74, 6) is 0.0925. The molecule has 0 bridgehead atoms. The molecule has 0 heterocycles. The maximum Gasteiger partial charge on any atom is 0.169 e. The van der Waals surface area contributed by atoms with Crippen LogP contribution < -0.4 is 10.5 Å². The molecule has 0 saturated heterocycles. The molecule has 0 aliphatic heterocycles. The number of anilines is 1. The van der Waals surface area contributed by atoms with Gasteiger partial charge in [0.2, 0.25) is 0 Å². The quantitative estimate of drug-likeness (QED) is 0.503. The second kappa shape index (κ2) is 6.31. The second-order valence-corrected chi connectivity index (χ2v) is 4.93. The van der Waals surface area contributed by atoms with Crippen molar-refractivity contribution in [3.05, 3.63) is 53.1 Å². The van der Waals surface area contributed by atoms with Crippen molar-refractivity contribution in [2.75, 3.05) is 12.3 Å². The van der Waals surface area contributed by atoms with Crippen LogP contribution in [0.1, 0.15) is 28.4 Å². The number of hydrogen-bond acceptors (Lipinski definition) is 4. The van der Waals surface area contributed by atoms with Crippen molar-refractivity contribution in [2.24, 2.45) is 0 Å². The van der Waals surface area contributed by atoms with E-state index in [4.69, 9.17) is 10.5 Å². The summed E-state index contributed by atoms with van der Waals surface area (Å²) in [6, 6.07) is 10.6. The molecular formula is C17H19NO3. The zero-order valence-electron chi connectivity index (χ0n) is 12.2. The Balaban J connectivity index is 2.23. The Kier molecular flexibility index (Phi) is 4.48. The van der Waals surface area contributed by atoms with Gasteiger partial charge in [0.15, 0.2) is 17.3 Å².